The molecule has 0 aromatic carbocycles. The van der Waals surface area contributed by atoms with Crippen LogP contribution in [0.1, 0.15) is 24.8 Å². The minimum atomic E-state index is -0.961. The molecule has 5 heteroatoms. The Morgan fingerprint density at radius 2 is 2.41 bits per heavy atom. The fourth-order valence-electron chi connectivity index (χ4n) is 2.32. The molecular weight excluding hydrogens is 252 g/mol. The molecule has 2 atom stereocenters. The van der Waals surface area contributed by atoms with Crippen LogP contribution >= 0.6 is 12.2 Å². The summed E-state index contributed by atoms with van der Waals surface area (Å²) in [5.41, 5.74) is 0.970. The van der Waals surface area contributed by atoms with Gasteiger partial charge in [0, 0.05) is 36.0 Å². The molecule has 0 amide bonds. The third-order valence-electron chi connectivity index (χ3n) is 3.22. The number of pyridine rings is 1. The normalized spacial score (nSPS) is 28.6. The summed E-state index contributed by atoms with van der Waals surface area (Å²) in [6.07, 6.45) is 6.42. The van der Waals surface area contributed by atoms with E-state index in [2.05, 4.69) is 10.3 Å². The first-order valence-electron chi connectivity index (χ1n) is 5.73. The van der Waals surface area contributed by atoms with Crippen molar-refractivity contribution in [3.63, 3.8) is 0 Å². The van der Waals surface area contributed by atoms with Crippen molar-refractivity contribution in [2.24, 2.45) is 0 Å². The largest absolute Gasteiger partial charge is 0.381 e. The van der Waals surface area contributed by atoms with Crippen LogP contribution in [-0.4, -0.2) is 27.0 Å². The van der Waals surface area contributed by atoms with Gasteiger partial charge < -0.3 is 5.32 Å². The van der Waals surface area contributed by atoms with Gasteiger partial charge in [0.15, 0.2) is 0 Å². The quantitative estimate of drug-likeness (QED) is 0.830. The highest BCUT2D eigenvalue weighted by molar-refractivity contribution is 7.90. The van der Waals surface area contributed by atoms with Gasteiger partial charge in [-0.15, -0.1) is 0 Å². The lowest BCUT2D eigenvalue weighted by Gasteiger charge is -2.36. The van der Waals surface area contributed by atoms with Gasteiger partial charge in [-0.05, 0) is 24.5 Å². The molecule has 1 N–H and O–H groups in total. The zero-order valence-corrected chi connectivity index (χ0v) is 11.4. The van der Waals surface area contributed by atoms with Crippen LogP contribution in [0.3, 0.4) is 0 Å². The summed E-state index contributed by atoms with van der Waals surface area (Å²) in [6.45, 7) is 0. The van der Waals surface area contributed by atoms with Crippen LogP contribution < -0.4 is 5.32 Å². The van der Waals surface area contributed by atoms with Gasteiger partial charge in [-0.2, -0.15) is 0 Å². The minimum Gasteiger partial charge on any atom is -0.381 e. The van der Waals surface area contributed by atoms with Gasteiger partial charge in [-0.1, -0.05) is 24.7 Å². The third kappa shape index (κ3) is 2.13. The molecule has 0 saturated carbocycles. The summed E-state index contributed by atoms with van der Waals surface area (Å²) in [5, 5.41) is 3.02. The number of hydrogen-bond acceptors (Lipinski definition) is 3. The highest BCUT2D eigenvalue weighted by Crippen LogP contribution is 2.38. The number of nitrogens with zero attached hydrogens (tertiary/aromatic N) is 1. The van der Waals surface area contributed by atoms with Crippen molar-refractivity contribution in [1.82, 2.24) is 10.3 Å². The molecule has 3 nitrogen and oxygen atoms in total. The molecule has 0 spiro atoms. The number of likely N-dealkylation sites (N-methyl/N-ethyl adjacent to an activating group) is 1. The zero-order valence-electron chi connectivity index (χ0n) is 9.81. The molecule has 0 aliphatic carbocycles. The SMILES string of the molecule is CNC(=S)C1(c2cccnc2)CCCCS1=O. The second-order valence-corrected chi connectivity index (χ2v) is 6.36. The molecule has 1 fully saturated rings. The second-order valence-electron chi connectivity index (χ2n) is 4.15. The van der Waals surface area contributed by atoms with Gasteiger partial charge in [-0.3, -0.25) is 9.19 Å². The van der Waals surface area contributed by atoms with Gasteiger partial charge in [-0.25, -0.2) is 0 Å². The maximum atomic E-state index is 12.5. The third-order valence-corrected chi connectivity index (χ3v) is 5.98. The molecular formula is C12H16N2OS2. The lowest BCUT2D eigenvalue weighted by atomic mass is 9.93. The first kappa shape index (κ1) is 12.6. The first-order valence-corrected chi connectivity index (χ1v) is 7.45. The van der Waals surface area contributed by atoms with Crippen LogP contribution in [0.15, 0.2) is 24.5 Å². The molecule has 2 heterocycles. The Balaban J connectivity index is 2.50. The number of nitrogens with one attached hydrogen (secondary N) is 1. The van der Waals surface area contributed by atoms with Crippen molar-refractivity contribution in [2.45, 2.75) is 24.0 Å². The van der Waals surface area contributed by atoms with E-state index in [4.69, 9.17) is 12.2 Å². The van der Waals surface area contributed by atoms with Crippen LogP contribution in [0.25, 0.3) is 0 Å². The van der Waals surface area contributed by atoms with Crippen LogP contribution in [0.2, 0.25) is 0 Å². The fourth-order valence-corrected chi connectivity index (χ4v) is 4.70. The van der Waals surface area contributed by atoms with E-state index >= 15 is 0 Å². The monoisotopic (exact) mass is 268 g/mol. The highest BCUT2D eigenvalue weighted by Gasteiger charge is 2.44. The molecule has 1 aliphatic rings. The number of rotatable bonds is 2. The summed E-state index contributed by atoms with van der Waals surface area (Å²) in [4.78, 5) is 4.80. The molecule has 1 aromatic rings. The highest BCUT2D eigenvalue weighted by atomic mass is 32.2. The minimum absolute atomic E-state index is 0.531. The smallest absolute Gasteiger partial charge is 0.122 e. The second kappa shape index (κ2) is 5.23. The van der Waals surface area contributed by atoms with Gasteiger partial charge in [0.1, 0.15) is 4.75 Å². The van der Waals surface area contributed by atoms with Crippen molar-refractivity contribution in [1.29, 1.82) is 0 Å². The maximum absolute atomic E-state index is 12.5. The fraction of sp³-hybridized carbons (Fsp3) is 0.500. The van der Waals surface area contributed by atoms with E-state index in [0.29, 0.717) is 4.99 Å². The molecule has 1 aromatic heterocycles. The van der Waals surface area contributed by atoms with E-state index < -0.39 is 15.5 Å². The Labute approximate surface area is 109 Å². The summed E-state index contributed by atoms with van der Waals surface area (Å²) in [7, 11) is 0.837. The standard InChI is InChI=1S/C12H16N2OS2/c1-13-11(16)12(6-2-3-8-17(12)15)10-5-4-7-14-9-10/h4-5,7,9H,2-3,6,8H2,1H3,(H,13,16). The van der Waals surface area contributed by atoms with E-state index in [9.17, 15) is 4.21 Å². The van der Waals surface area contributed by atoms with E-state index in [1.807, 2.05) is 12.1 Å². The lowest BCUT2D eigenvalue weighted by molar-refractivity contribution is 0.573. The van der Waals surface area contributed by atoms with E-state index in [1.54, 1.807) is 19.4 Å². The van der Waals surface area contributed by atoms with E-state index in [-0.39, 0.29) is 0 Å². The molecule has 2 unspecified atom stereocenters. The zero-order chi connectivity index (χ0) is 12.3. The number of aromatic nitrogens is 1. The Bertz CT molecular complexity index is 425. The topological polar surface area (TPSA) is 42.0 Å². The number of hydrogen-bond donors (Lipinski definition) is 1. The Morgan fingerprint density at radius 3 is 3.00 bits per heavy atom. The van der Waals surface area contributed by atoms with Crippen molar-refractivity contribution in [2.75, 3.05) is 12.8 Å². The molecule has 92 valence electrons. The first-order chi connectivity index (χ1) is 8.21. The van der Waals surface area contributed by atoms with E-state index in [1.165, 1.54) is 0 Å². The van der Waals surface area contributed by atoms with Gasteiger partial charge in [0.25, 0.3) is 0 Å². The Hall–Kier alpha value is -0.810. The Kier molecular flexibility index (Phi) is 3.89. The molecule has 1 saturated heterocycles. The summed E-state index contributed by atoms with van der Waals surface area (Å²) in [6, 6.07) is 3.85. The molecule has 0 bridgehead atoms. The number of thiocarbonyl (C=S) groups is 1. The summed E-state index contributed by atoms with van der Waals surface area (Å²) < 4.78 is 11.9. The lowest BCUT2D eigenvalue weighted by Crippen LogP contribution is -2.48. The van der Waals surface area contributed by atoms with E-state index in [0.717, 1.165) is 30.6 Å². The van der Waals surface area contributed by atoms with Crippen LogP contribution in [0.4, 0.5) is 0 Å². The average molecular weight is 268 g/mol. The van der Waals surface area contributed by atoms with Crippen molar-refractivity contribution >= 4 is 28.0 Å². The summed E-state index contributed by atoms with van der Waals surface area (Å²) in [5.74, 6) is 0.719. The van der Waals surface area contributed by atoms with Crippen LogP contribution in [0, 0.1) is 0 Å². The molecule has 0 radical (unpaired) electrons. The van der Waals surface area contributed by atoms with Crippen molar-refractivity contribution in [3.8, 4) is 0 Å². The van der Waals surface area contributed by atoms with Crippen molar-refractivity contribution < 1.29 is 4.21 Å². The predicted octanol–water partition coefficient (Wildman–Crippen LogP) is 1.76. The van der Waals surface area contributed by atoms with Gasteiger partial charge in [0.05, 0.1) is 4.99 Å². The average Bonchev–Trinajstić information content (AvgIpc) is 2.39. The van der Waals surface area contributed by atoms with Gasteiger partial charge in [0.2, 0.25) is 0 Å². The molecule has 1 aliphatic heterocycles. The maximum Gasteiger partial charge on any atom is 0.122 e. The predicted molar refractivity (Wildman–Crippen MR) is 74.4 cm³/mol. The van der Waals surface area contributed by atoms with Crippen LogP contribution in [0.5, 0.6) is 0 Å². The van der Waals surface area contributed by atoms with Crippen LogP contribution in [-0.2, 0) is 15.5 Å². The van der Waals surface area contributed by atoms with Crippen molar-refractivity contribution in [3.05, 3.63) is 30.1 Å². The molecule has 2 rings (SSSR count). The van der Waals surface area contributed by atoms with Gasteiger partial charge >= 0.3 is 0 Å². The summed E-state index contributed by atoms with van der Waals surface area (Å²) >= 11 is 5.41. The Morgan fingerprint density at radius 1 is 1.59 bits per heavy atom. The molecule has 17 heavy (non-hydrogen) atoms.